The zero-order valence-corrected chi connectivity index (χ0v) is 8.67. The maximum Gasteiger partial charge on any atom is 0.141 e. The monoisotopic (exact) mass is 228 g/mol. The van der Waals surface area contributed by atoms with Gasteiger partial charge in [-0.3, -0.25) is 0 Å². The van der Waals surface area contributed by atoms with E-state index in [2.05, 4.69) is 0 Å². The summed E-state index contributed by atoms with van der Waals surface area (Å²) < 4.78 is 18.1. The Hall–Kier alpha value is -1.06. The standard InChI is InChI=1S/C11H10ClFO2/c12-8-6-7(3-4-9(8)13)11(14)10-2-1-5-15-10/h2-4,6,11,14H,1,5H2. The van der Waals surface area contributed by atoms with Gasteiger partial charge < -0.3 is 9.84 Å². The SMILES string of the molecule is OC(C1=CCCO1)c1ccc(F)c(Cl)c1. The highest BCUT2D eigenvalue weighted by Gasteiger charge is 2.18. The van der Waals surface area contributed by atoms with Gasteiger partial charge in [-0.2, -0.15) is 0 Å². The lowest BCUT2D eigenvalue weighted by molar-refractivity contribution is 0.119. The second-order valence-electron chi connectivity index (χ2n) is 3.32. The third kappa shape index (κ3) is 2.13. The molecule has 0 amide bonds. The molecule has 2 nitrogen and oxygen atoms in total. The van der Waals surface area contributed by atoms with E-state index in [0.29, 0.717) is 17.9 Å². The van der Waals surface area contributed by atoms with Crippen LogP contribution in [0.3, 0.4) is 0 Å². The van der Waals surface area contributed by atoms with E-state index in [1.165, 1.54) is 18.2 Å². The molecule has 0 saturated carbocycles. The minimum atomic E-state index is -0.856. The second-order valence-corrected chi connectivity index (χ2v) is 3.73. The first-order valence-electron chi connectivity index (χ1n) is 4.64. The lowest BCUT2D eigenvalue weighted by atomic mass is 10.1. The summed E-state index contributed by atoms with van der Waals surface area (Å²) in [4.78, 5) is 0. The van der Waals surface area contributed by atoms with E-state index in [4.69, 9.17) is 16.3 Å². The number of rotatable bonds is 2. The molecule has 1 atom stereocenters. The highest BCUT2D eigenvalue weighted by Crippen LogP contribution is 2.28. The zero-order chi connectivity index (χ0) is 10.8. The Morgan fingerprint density at radius 2 is 2.27 bits per heavy atom. The van der Waals surface area contributed by atoms with Crippen molar-refractivity contribution in [2.45, 2.75) is 12.5 Å². The fourth-order valence-corrected chi connectivity index (χ4v) is 1.66. The van der Waals surface area contributed by atoms with Crippen LogP contribution in [0, 0.1) is 5.82 Å². The van der Waals surface area contributed by atoms with Crippen LogP contribution in [-0.2, 0) is 4.74 Å². The first-order valence-corrected chi connectivity index (χ1v) is 5.02. The quantitative estimate of drug-likeness (QED) is 0.844. The van der Waals surface area contributed by atoms with Crippen molar-refractivity contribution in [2.75, 3.05) is 6.61 Å². The third-order valence-corrected chi connectivity index (χ3v) is 2.55. The molecule has 1 heterocycles. The van der Waals surface area contributed by atoms with Gasteiger partial charge in [0.25, 0.3) is 0 Å². The van der Waals surface area contributed by atoms with Crippen molar-refractivity contribution in [2.24, 2.45) is 0 Å². The topological polar surface area (TPSA) is 29.5 Å². The highest BCUT2D eigenvalue weighted by molar-refractivity contribution is 6.30. The summed E-state index contributed by atoms with van der Waals surface area (Å²) in [5, 5.41) is 9.87. The van der Waals surface area contributed by atoms with Crippen LogP contribution in [0.2, 0.25) is 5.02 Å². The van der Waals surface area contributed by atoms with Gasteiger partial charge in [0.2, 0.25) is 0 Å². The van der Waals surface area contributed by atoms with Crippen LogP contribution in [0.4, 0.5) is 4.39 Å². The molecule has 1 aliphatic rings. The zero-order valence-electron chi connectivity index (χ0n) is 7.91. The number of halogens is 2. The predicted molar refractivity (Wildman–Crippen MR) is 55.0 cm³/mol. The third-order valence-electron chi connectivity index (χ3n) is 2.26. The van der Waals surface area contributed by atoms with E-state index in [1.807, 2.05) is 6.08 Å². The van der Waals surface area contributed by atoms with Crippen molar-refractivity contribution in [1.29, 1.82) is 0 Å². The van der Waals surface area contributed by atoms with Crippen LogP contribution in [0.15, 0.2) is 30.0 Å². The second kappa shape index (κ2) is 4.21. The van der Waals surface area contributed by atoms with Crippen LogP contribution in [0.25, 0.3) is 0 Å². The molecule has 0 spiro atoms. The van der Waals surface area contributed by atoms with E-state index in [-0.39, 0.29) is 5.02 Å². The minimum absolute atomic E-state index is 0.00477. The van der Waals surface area contributed by atoms with Crippen molar-refractivity contribution in [3.05, 3.63) is 46.4 Å². The molecular formula is C11H10ClFO2. The largest absolute Gasteiger partial charge is 0.495 e. The van der Waals surface area contributed by atoms with Crippen LogP contribution in [0.5, 0.6) is 0 Å². The number of aliphatic hydroxyl groups excluding tert-OH is 1. The van der Waals surface area contributed by atoms with E-state index in [0.717, 1.165) is 6.42 Å². The van der Waals surface area contributed by atoms with Gasteiger partial charge in [-0.25, -0.2) is 4.39 Å². The summed E-state index contributed by atoms with van der Waals surface area (Å²) in [6.45, 7) is 0.585. The van der Waals surface area contributed by atoms with Crippen molar-refractivity contribution in [3.63, 3.8) is 0 Å². The Labute approximate surface area is 91.9 Å². The summed E-state index contributed by atoms with van der Waals surface area (Å²) >= 11 is 5.62. The lowest BCUT2D eigenvalue weighted by Gasteiger charge is -2.12. The normalized spacial score (nSPS) is 17.1. The average Bonchev–Trinajstić information content (AvgIpc) is 2.74. The summed E-state index contributed by atoms with van der Waals surface area (Å²) in [5.41, 5.74) is 0.537. The van der Waals surface area contributed by atoms with Crippen molar-refractivity contribution < 1.29 is 14.2 Å². The van der Waals surface area contributed by atoms with Gasteiger partial charge in [0.05, 0.1) is 11.6 Å². The number of hydrogen-bond donors (Lipinski definition) is 1. The van der Waals surface area contributed by atoms with Gasteiger partial charge in [-0.1, -0.05) is 17.7 Å². The minimum Gasteiger partial charge on any atom is -0.495 e. The molecule has 1 aromatic rings. The molecule has 1 aromatic carbocycles. The summed E-state index contributed by atoms with van der Waals surface area (Å²) in [5.74, 6) is 0.0200. The Kier molecular flexibility index (Phi) is 2.93. The maximum atomic E-state index is 12.9. The molecule has 1 unspecified atom stereocenters. The molecule has 0 aromatic heterocycles. The molecule has 4 heteroatoms. The lowest BCUT2D eigenvalue weighted by Crippen LogP contribution is -2.02. The van der Waals surface area contributed by atoms with Gasteiger partial charge in [0.1, 0.15) is 17.7 Å². The number of benzene rings is 1. The molecule has 0 saturated heterocycles. The summed E-state index contributed by atoms with van der Waals surface area (Å²) in [7, 11) is 0. The average molecular weight is 229 g/mol. The van der Waals surface area contributed by atoms with E-state index in [9.17, 15) is 9.50 Å². The predicted octanol–water partition coefficient (Wildman–Crippen LogP) is 2.82. The molecule has 1 aliphatic heterocycles. The fourth-order valence-electron chi connectivity index (χ4n) is 1.47. The van der Waals surface area contributed by atoms with Crippen molar-refractivity contribution in [3.8, 4) is 0 Å². The summed E-state index contributed by atoms with van der Waals surface area (Å²) in [6, 6.07) is 4.13. The first-order chi connectivity index (χ1) is 7.18. The van der Waals surface area contributed by atoms with Crippen LogP contribution < -0.4 is 0 Å². The molecule has 0 aliphatic carbocycles. The van der Waals surface area contributed by atoms with Crippen LogP contribution in [0.1, 0.15) is 18.1 Å². The maximum absolute atomic E-state index is 12.9. The van der Waals surface area contributed by atoms with Crippen molar-refractivity contribution in [1.82, 2.24) is 0 Å². The Morgan fingerprint density at radius 3 is 2.87 bits per heavy atom. The van der Waals surface area contributed by atoms with Gasteiger partial charge in [0, 0.05) is 6.42 Å². The van der Waals surface area contributed by atoms with Crippen LogP contribution >= 0.6 is 11.6 Å². The molecule has 2 rings (SSSR count). The number of aliphatic hydroxyl groups is 1. The highest BCUT2D eigenvalue weighted by atomic mass is 35.5. The van der Waals surface area contributed by atoms with Gasteiger partial charge >= 0.3 is 0 Å². The molecule has 0 bridgehead atoms. The van der Waals surface area contributed by atoms with Crippen molar-refractivity contribution >= 4 is 11.6 Å². The Balaban J connectivity index is 2.25. The molecule has 80 valence electrons. The van der Waals surface area contributed by atoms with E-state index in [1.54, 1.807) is 0 Å². The summed E-state index contributed by atoms with van der Waals surface area (Å²) in [6.07, 6.45) is 1.76. The molecule has 0 fully saturated rings. The molecule has 15 heavy (non-hydrogen) atoms. The smallest absolute Gasteiger partial charge is 0.141 e. The Bertz CT molecular complexity index is 404. The molecular weight excluding hydrogens is 219 g/mol. The molecule has 1 N–H and O–H groups in total. The number of ether oxygens (including phenoxy) is 1. The fraction of sp³-hybridized carbons (Fsp3) is 0.273. The Morgan fingerprint density at radius 1 is 1.47 bits per heavy atom. The first kappa shape index (κ1) is 10.5. The number of hydrogen-bond acceptors (Lipinski definition) is 2. The van der Waals surface area contributed by atoms with Crippen LogP contribution in [-0.4, -0.2) is 11.7 Å². The van der Waals surface area contributed by atoms with Gasteiger partial charge in [-0.15, -0.1) is 0 Å². The van der Waals surface area contributed by atoms with E-state index >= 15 is 0 Å². The van der Waals surface area contributed by atoms with Gasteiger partial charge in [0.15, 0.2) is 0 Å². The van der Waals surface area contributed by atoms with E-state index < -0.39 is 11.9 Å². The molecule has 0 radical (unpaired) electrons. The van der Waals surface area contributed by atoms with Gasteiger partial charge in [-0.05, 0) is 23.8 Å².